The molecule has 4 nitrogen and oxygen atoms in total. The number of hydrogen-bond acceptors (Lipinski definition) is 4. The second-order valence-corrected chi connectivity index (χ2v) is 10.5. The van der Waals surface area contributed by atoms with E-state index in [1.807, 2.05) is 42.5 Å². The molecule has 0 bridgehead atoms. The number of carbonyl (C=O) groups is 2. The van der Waals surface area contributed by atoms with Gasteiger partial charge in [0, 0.05) is 0 Å². The summed E-state index contributed by atoms with van der Waals surface area (Å²) in [4.78, 5) is 24.3. The monoisotopic (exact) mass is 462 g/mol. The van der Waals surface area contributed by atoms with Crippen LogP contribution >= 0.6 is 0 Å². The van der Waals surface area contributed by atoms with Crippen LogP contribution in [0.15, 0.2) is 66.8 Å². The fourth-order valence-electron chi connectivity index (χ4n) is 3.67. The van der Waals surface area contributed by atoms with Crippen molar-refractivity contribution in [2.24, 2.45) is 10.8 Å². The van der Waals surface area contributed by atoms with Gasteiger partial charge in [-0.05, 0) is 64.6 Å². The van der Waals surface area contributed by atoms with Crippen LogP contribution in [0.3, 0.4) is 0 Å². The zero-order valence-electron chi connectivity index (χ0n) is 21.6. The zero-order chi connectivity index (χ0) is 25.4. The minimum Gasteiger partial charge on any atom is -0.497 e. The number of esters is 1. The summed E-state index contributed by atoms with van der Waals surface area (Å²) >= 11 is 0. The molecular formula is C30H38O4. The Morgan fingerprint density at radius 3 is 2.21 bits per heavy atom. The topological polar surface area (TPSA) is 52.6 Å². The lowest BCUT2D eigenvalue weighted by Crippen LogP contribution is -2.25. The molecule has 1 unspecified atom stereocenters. The lowest BCUT2D eigenvalue weighted by atomic mass is 9.68. The first-order chi connectivity index (χ1) is 15.9. The molecule has 0 aromatic heterocycles. The molecule has 0 heterocycles. The summed E-state index contributed by atoms with van der Waals surface area (Å²) in [6, 6.07) is 15.1. The van der Waals surface area contributed by atoms with Crippen LogP contribution in [0, 0.1) is 10.8 Å². The first-order valence-electron chi connectivity index (χ1n) is 11.8. The Morgan fingerprint density at radius 1 is 0.941 bits per heavy atom. The van der Waals surface area contributed by atoms with E-state index in [0.717, 1.165) is 24.2 Å². The summed E-state index contributed by atoms with van der Waals surface area (Å²) in [5.41, 5.74) is 2.48. The molecular weight excluding hydrogens is 424 g/mol. The Hall–Kier alpha value is -3.14. The van der Waals surface area contributed by atoms with Crippen LogP contribution in [0.25, 0.3) is 6.08 Å². The fourth-order valence-corrected chi connectivity index (χ4v) is 3.67. The molecule has 0 fully saturated rings. The maximum absolute atomic E-state index is 12.2. The Labute approximate surface area is 204 Å². The molecule has 2 aromatic carbocycles. The predicted octanol–water partition coefficient (Wildman–Crippen LogP) is 7.40. The summed E-state index contributed by atoms with van der Waals surface area (Å²) in [7, 11) is 1.61. The number of allylic oxidation sites excluding steroid dienone is 2. The molecule has 0 saturated heterocycles. The van der Waals surface area contributed by atoms with Gasteiger partial charge in [0.2, 0.25) is 0 Å². The molecule has 0 aliphatic heterocycles. The van der Waals surface area contributed by atoms with Crippen LogP contribution in [0.2, 0.25) is 0 Å². The van der Waals surface area contributed by atoms with Crippen LogP contribution in [-0.2, 0) is 9.59 Å². The maximum atomic E-state index is 12.2. The van der Waals surface area contributed by atoms with E-state index in [4.69, 9.17) is 9.47 Å². The van der Waals surface area contributed by atoms with Gasteiger partial charge in [0.05, 0.1) is 7.11 Å². The normalized spacial score (nSPS) is 13.3. The van der Waals surface area contributed by atoms with E-state index in [9.17, 15) is 9.59 Å². The van der Waals surface area contributed by atoms with Crippen molar-refractivity contribution in [2.45, 2.75) is 60.3 Å². The van der Waals surface area contributed by atoms with Gasteiger partial charge in [-0.2, -0.15) is 0 Å². The minimum atomic E-state index is -0.904. The lowest BCUT2D eigenvalue weighted by molar-refractivity contribution is -0.144. The van der Waals surface area contributed by atoms with E-state index in [1.54, 1.807) is 25.3 Å². The zero-order valence-corrected chi connectivity index (χ0v) is 21.6. The average molecular weight is 463 g/mol. The molecule has 0 aliphatic carbocycles. The van der Waals surface area contributed by atoms with Crippen molar-refractivity contribution >= 4 is 17.8 Å². The van der Waals surface area contributed by atoms with Crippen LogP contribution < -0.4 is 9.47 Å². The molecule has 0 spiro atoms. The number of hydrogen-bond donors (Lipinski definition) is 0. The van der Waals surface area contributed by atoms with Crippen molar-refractivity contribution in [1.82, 2.24) is 0 Å². The van der Waals surface area contributed by atoms with E-state index in [-0.39, 0.29) is 10.8 Å². The molecule has 0 saturated carbocycles. The van der Waals surface area contributed by atoms with Crippen molar-refractivity contribution in [1.29, 1.82) is 0 Å². The Kier molecular flexibility index (Phi) is 9.43. The van der Waals surface area contributed by atoms with Gasteiger partial charge in [0.1, 0.15) is 11.5 Å². The highest BCUT2D eigenvalue weighted by Crippen LogP contribution is 2.44. The van der Waals surface area contributed by atoms with E-state index in [2.05, 4.69) is 41.5 Å². The third kappa shape index (κ3) is 8.33. The number of ether oxygens (including phenoxy) is 2. The Bertz CT molecular complexity index is 1020. The van der Waals surface area contributed by atoms with Crippen LogP contribution in [-0.4, -0.2) is 18.9 Å². The first kappa shape index (κ1) is 27.1. The number of carbonyl (C=O) groups excluding carboxylic acids is 2. The molecule has 2 aromatic rings. The van der Waals surface area contributed by atoms with Crippen molar-refractivity contribution in [3.8, 4) is 11.5 Å². The van der Waals surface area contributed by atoms with Gasteiger partial charge in [0.15, 0.2) is 0 Å². The van der Waals surface area contributed by atoms with Crippen LogP contribution in [0.5, 0.6) is 11.5 Å². The average Bonchev–Trinajstić information content (AvgIpc) is 2.80. The third-order valence-corrected chi connectivity index (χ3v) is 6.19. The lowest BCUT2D eigenvalue weighted by Gasteiger charge is -2.37. The molecule has 0 amide bonds. The van der Waals surface area contributed by atoms with E-state index in [1.165, 1.54) is 17.7 Å². The number of rotatable bonds is 10. The van der Waals surface area contributed by atoms with Gasteiger partial charge < -0.3 is 9.47 Å². The fraction of sp³-hybridized carbons (Fsp3) is 0.400. The SMILES string of the molecule is CCC(C)(C)CC(c1ccc(OC(=O)C(=O)C=CC=Cc2cccc(OC)c2)cc1)C(C)(C)C. The summed E-state index contributed by atoms with van der Waals surface area (Å²) in [5, 5.41) is 0. The van der Waals surface area contributed by atoms with Crippen molar-refractivity contribution < 1.29 is 19.1 Å². The Morgan fingerprint density at radius 2 is 1.62 bits per heavy atom. The largest absolute Gasteiger partial charge is 0.497 e. The van der Waals surface area contributed by atoms with Gasteiger partial charge >= 0.3 is 5.97 Å². The van der Waals surface area contributed by atoms with Gasteiger partial charge in [-0.15, -0.1) is 0 Å². The second kappa shape index (κ2) is 11.8. The highest BCUT2D eigenvalue weighted by Gasteiger charge is 2.31. The maximum Gasteiger partial charge on any atom is 0.384 e. The third-order valence-electron chi connectivity index (χ3n) is 6.19. The molecule has 0 radical (unpaired) electrons. The predicted molar refractivity (Wildman–Crippen MR) is 139 cm³/mol. The van der Waals surface area contributed by atoms with Crippen LogP contribution in [0.4, 0.5) is 0 Å². The molecule has 182 valence electrons. The van der Waals surface area contributed by atoms with E-state index >= 15 is 0 Å². The number of methoxy groups -OCH3 is 1. The van der Waals surface area contributed by atoms with Gasteiger partial charge in [-0.25, -0.2) is 4.79 Å². The summed E-state index contributed by atoms with van der Waals surface area (Å²) in [5.74, 6) is -0.132. The Balaban J connectivity index is 2.00. The minimum absolute atomic E-state index is 0.101. The quantitative estimate of drug-likeness (QED) is 0.121. The summed E-state index contributed by atoms with van der Waals surface area (Å²) < 4.78 is 10.5. The van der Waals surface area contributed by atoms with Gasteiger partial charge in [-0.1, -0.05) is 90.5 Å². The highest BCUT2D eigenvalue weighted by molar-refractivity contribution is 6.38. The molecule has 0 N–H and O–H groups in total. The molecule has 34 heavy (non-hydrogen) atoms. The van der Waals surface area contributed by atoms with Crippen molar-refractivity contribution in [3.63, 3.8) is 0 Å². The van der Waals surface area contributed by atoms with Crippen molar-refractivity contribution in [2.75, 3.05) is 7.11 Å². The molecule has 2 rings (SSSR count). The standard InChI is InChI=1S/C30H38O4/c1-8-30(5,6)21-26(29(2,3)4)23-16-18-24(19-17-23)34-28(32)27(31)15-10-9-12-22-13-11-14-25(20-22)33-7/h9-20,26H,8,21H2,1-7H3. The number of ketones is 1. The second-order valence-electron chi connectivity index (χ2n) is 10.5. The summed E-state index contributed by atoms with van der Waals surface area (Å²) in [6.07, 6.45) is 8.42. The summed E-state index contributed by atoms with van der Waals surface area (Å²) in [6.45, 7) is 13.6. The number of benzene rings is 2. The molecule has 1 atom stereocenters. The van der Waals surface area contributed by atoms with Crippen LogP contribution in [0.1, 0.15) is 71.4 Å². The molecule has 0 aliphatic rings. The van der Waals surface area contributed by atoms with Gasteiger partial charge in [-0.3, -0.25) is 4.79 Å². The van der Waals surface area contributed by atoms with E-state index in [0.29, 0.717) is 11.7 Å². The van der Waals surface area contributed by atoms with Gasteiger partial charge in [0.25, 0.3) is 5.78 Å². The smallest absolute Gasteiger partial charge is 0.384 e. The van der Waals surface area contributed by atoms with E-state index < -0.39 is 11.8 Å². The van der Waals surface area contributed by atoms with Crippen molar-refractivity contribution in [3.05, 3.63) is 77.9 Å². The first-order valence-corrected chi connectivity index (χ1v) is 11.8. The highest BCUT2D eigenvalue weighted by atomic mass is 16.5. The molecule has 4 heteroatoms.